The normalized spacial score (nSPS) is 12.0. The minimum Gasteiger partial charge on any atom is -0.454 e. The largest absolute Gasteiger partial charge is 0.454 e. The Hall–Kier alpha value is -3.01. The Labute approximate surface area is 147 Å². The molecule has 10 heteroatoms. The molecular formula is C15H15N5O4S. The highest BCUT2D eigenvalue weighted by molar-refractivity contribution is 7.99. The number of aromatic nitrogens is 2. The molecule has 2 aromatic rings. The van der Waals surface area contributed by atoms with Crippen molar-refractivity contribution in [2.75, 3.05) is 29.3 Å². The van der Waals surface area contributed by atoms with E-state index in [1.165, 1.54) is 13.0 Å². The van der Waals surface area contributed by atoms with Crippen LogP contribution in [0.4, 0.5) is 17.3 Å². The number of hydrogen-bond donors (Lipinski definition) is 3. The topological polar surface area (TPSA) is 142 Å². The minimum absolute atomic E-state index is 0.0225. The smallest absolute Gasteiger partial charge is 0.234 e. The average molecular weight is 361 g/mol. The van der Waals surface area contributed by atoms with Crippen LogP contribution >= 0.6 is 11.8 Å². The Kier molecular flexibility index (Phi) is 4.61. The second-order valence-electron chi connectivity index (χ2n) is 5.14. The summed E-state index contributed by atoms with van der Waals surface area (Å²) in [6.07, 6.45) is 0. The third-order valence-electron chi connectivity index (χ3n) is 3.24. The summed E-state index contributed by atoms with van der Waals surface area (Å²) in [6, 6.07) is 4.54. The van der Waals surface area contributed by atoms with Gasteiger partial charge in [0.1, 0.15) is 11.6 Å². The summed E-state index contributed by atoms with van der Waals surface area (Å²) in [5.41, 5.74) is 11.9. The van der Waals surface area contributed by atoms with Crippen LogP contribution in [0.5, 0.6) is 11.5 Å². The number of nitrogens with two attached hydrogens (primary N) is 2. The van der Waals surface area contributed by atoms with Gasteiger partial charge in [-0.2, -0.15) is 0 Å². The average Bonchev–Trinajstić information content (AvgIpc) is 2.98. The van der Waals surface area contributed by atoms with Crippen LogP contribution in [0.3, 0.4) is 0 Å². The van der Waals surface area contributed by atoms with Gasteiger partial charge >= 0.3 is 0 Å². The van der Waals surface area contributed by atoms with Crippen molar-refractivity contribution in [3.8, 4) is 11.5 Å². The number of benzene rings is 1. The number of fused-ring (bicyclic) bond motifs is 1. The molecule has 0 saturated heterocycles. The first kappa shape index (κ1) is 16.8. The molecule has 1 amide bonds. The zero-order valence-electron chi connectivity index (χ0n) is 13.2. The number of ketones is 1. The molecule has 1 aromatic heterocycles. The Morgan fingerprint density at radius 2 is 1.80 bits per heavy atom. The van der Waals surface area contributed by atoms with E-state index in [0.29, 0.717) is 27.9 Å². The number of rotatable bonds is 5. The van der Waals surface area contributed by atoms with Crippen molar-refractivity contribution in [3.63, 3.8) is 0 Å². The number of thioether (sulfide) groups is 1. The van der Waals surface area contributed by atoms with E-state index < -0.39 is 0 Å². The fourth-order valence-electron chi connectivity index (χ4n) is 2.18. The maximum absolute atomic E-state index is 12.2. The van der Waals surface area contributed by atoms with Gasteiger partial charge in [-0.25, -0.2) is 9.97 Å². The molecule has 0 fully saturated rings. The van der Waals surface area contributed by atoms with Crippen molar-refractivity contribution in [2.45, 2.75) is 12.1 Å². The van der Waals surface area contributed by atoms with Crippen LogP contribution in [-0.4, -0.2) is 34.2 Å². The van der Waals surface area contributed by atoms with E-state index in [0.717, 1.165) is 11.8 Å². The molecule has 9 nitrogen and oxygen atoms in total. The maximum atomic E-state index is 12.2. The van der Waals surface area contributed by atoms with Gasteiger partial charge in [0.05, 0.1) is 11.4 Å². The van der Waals surface area contributed by atoms with Gasteiger partial charge in [-0.05, 0) is 13.0 Å². The van der Waals surface area contributed by atoms with E-state index in [1.54, 1.807) is 12.1 Å². The number of anilines is 3. The minimum atomic E-state index is -0.337. The fourth-order valence-corrected chi connectivity index (χ4v) is 2.85. The van der Waals surface area contributed by atoms with E-state index >= 15 is 0 Å². The van der Waals surface area contributed by atoms with Crippen LogP contribution in [-0.2, 0) is 4.79 Å². The first-order valence-electron chi connectivity index (χ1n) is 7.19. The number of nitrogens with zero attached hydrogens (tertiary/aromatic N) is 2. The predicted molar refractivity (Wildman–Crippen MR) is 92.8 cm³/mol. The number of nitrogens with one attached hydrogen (secondary N) is 1. The molecule has 0 aliphatic carbocycles. The lowest BCUT2D eigenvalue weighted by atomic mass is 10.1. The Morgan fingerprint density at radius 1 is 1.16 bits per heavy atom. The quantitative estimate of drug-likeness (QED) is 0.408. The third-order valence-corrected chi connectivity index (χ3v) is 4.09. The number of carbonyl (C=O) groups excluding carboxylic acids is 2. The van der Waals surface area contributed by atoms with Crippen molar-refractivity contribution < 1.29 is 19.1 Å². The molecule has 1 aliphatic heterocycles. The fraction of sp³-hybridized carbons (Fsp3) is 0.200. The lowest BCUT2D eigenvalue weighted by molar-refractivity contribution is -0.113. The van der Waals surface area contributed by atoms with Gasteiger partial charge in [-0.15, -0.1) is 0 Å². The molecule has 0 spiro atoms. The second-order valence-corrected chi connectivity index (χ2v) is 6.09. The Bertz CT molecular complexity index is 838. The summed E-state index contributed by atoms with van der Waals surface area (Å²) in [5.74, 6) is 0.884. The molecule has 0 atom stereocenters. The van der Waals surface area contributed by atoms with Crippen molar-refractivity contribution in [3.05, 3.63) is 23.8 Å². The number of carbonyl (C=O) groups is 2. The molecule has 1 aromatic carbocycles. The maximum Gasteiger partial charge on any atom is 0.234 e. The lowest BCUT2D eigenvalue weighted by Gasteiger charge is -2.10. The van der Waals surface area contributed by atoms with E-state index in [9.17, 15) is 9.59 Å². The molecule has 25 heavy (non-hydrogen) atoms. The Morgan fingerprint density at radius 3 is 2.44 bits per heavy atom. The second kappa shape index (κ2) is 6.85. The van der Waals surface area contributed by atoms with Crippen LogP contribution in [0.15, 0.2) is 23.4 Å². The zero-order valence-corrected chi connectivity index (χ0v) is 14.1. The van der Waals surface area contributed by atoms with Crippen LogP contribution in [0.1, 0.15) is 17.3 Å². The molecule has 130 valence electrons. The standard InChI is InChI=1S/C15H15N5O4S/c1-7(21)8-2-10-11(24-6-23-10)3-9(8)18-14(22)5-25-15-19-12(16)4-13(17)20-15/h2-4H,5-6H2,1H3,(H,18,22)(H4,16,17,19,20). The molecular weight excluding hydrogens is 346 g/mol. The number of hydrogen-bond acceptors (Lipinski definition) is 9. The molecule has 3 rings (SSSR count). The molecule has 0 radical (unpaired) electrons. The number of nitrogen functional groups attached to an aromatic ring is 2. The molecule has 1 aliphatic rings. The third kappa shape index (κ3) is 3.91. The SMILES string of the molecule is CC(=O)c1cc2c(cc1NC(=O)CSc1nc(N)cc(N)n1)OCO2. The van der Waals surface area contributed by atoms with Gasteiger partial charge in [0.25, 0.3) is 0 Å². The van der Waals surface area contributed by atoms with Crippen LogP contribution < -0.4 is 26.3 Å². The summed E-state index contributed by atoms with van der Waals surface area (Å²) in [4.78, 5) is 32.0. The first-order chi connectivity index (χ1) is 11.9. The molecule has 5 N–H and O–H groups in total. The van der Waals surface area contributed by atoms with E-state index in [1.807, 2.05) is 0 Å². The molecule has 0 unspecified atom stereocenters. The molecule has 2 heterocycles. The lowest BCUT2D eigenvalue weighted by Crippen LogP contribution is -2.16. The van der Waals surface area contributed by atoms with Crippen LogP contribution in [0, 0.1) is 0 Å². The number of amides is 1. The van der Waals surface area contributed by atoms with Gasteiger partial charge in [0, 0.05) is 17.7 Å². The highest BCUT2D eigenvalue weighted by Crippen LogP contribution is 2.37. The summed E-state index contributed by atoms with van der Waals surface area (Å²) < 4.78 is 10.5. The van der Waals surface area contributed by atoms with Gasteiger partial charge in [-0.1, -0.05) is 11.8 Å². The monoisotopic (exact) mass is 361 g/mol. The predicted octanol–water partition coefficient (Wildman–Crippen LogP) is 1.30. The summed E-state index contributed by atoms with van der Waals surface area (Å²) in [7, 11) is 0. The highest BCUT2D eigenvalue weighted by atomic mass is 32.2. The van der Waals surface area contributed by atoms with E-state index in [-0.39, 0.29) is 35.9 Å². The zero-order chi connectivity index (χ0) is 18.0. The number of Topliss-reactive ketones (excluding diaryl/α,β-unsaturated/α-hetero) is 1. The van der Waals surface area contributed by atoms with Crippen molar-refractivity contribution in [2.24, 2.45) is 0 Å². The summed E-state index contributed by atoms with van der Waals surface area (Å²) in [6.45, 7) is 1.49. The van der Waals surface area contributed by atoms with Gasteiger partial charge < -0.3 is 26.3 Å². The van der Waals surface area contributed by atoms with Crippen LogP contribution in [0.25, 0.3) is 0 Å². The molecule has 0 saturated carbocycles. The van der Waals surface area contributed by atoms with E-state index in [2.05, 4.69) is 15.3 Å². The summed E-state index contributed by atoms with van der Waals surface area (Å²) >= 11 is 1.08. The first-order valence-corrected chi connectivity index (χ1v) is 8.18. The van der Waals surface area contributed by atoms with Crippen LogP contribution in [0.2, 0.25) is 0 Å². The van der Waals surface area contributed by atoms with E-state index in [4.69, 9.17) is 20.9 Å². The number of ether oxygens (including phenoxy) is 2. The van der Waals surface area contributed by atoms with Crippen molar-refractivity contribution in [1.29, 1.82) is 0 Å². The van der Waals surface area contributed by atoms with Crippen molar-refractivity contribution >= 4 is 40.8 Å². The Balaban J connectivity index is 1.71. The van der Waals surface area contributed by atoms with Crippen molar-refractivity contribution in [1.82, 2.24) is 9.97 Å². The molecule has 0 bridgehead atoms. The van der Waals surface area contributed by atoms with Gasteiger partial charge in [0.2, 0.25) is 12.7 Å². The highest BCUT2D eigenvalue weighted by Gasteiger charge is 2.20. The summed E-state index contributed by atoms with van der Waals surface area (Å²) in [5, 5.41) is 2.98. The van der Waals surface area contributed by atoms with Gasteiger partial charge in [-0.3, -0.25) is 9.59 Å². The van der Waals surface area contributed by atoms with Gasteiger partial charge in [0.15, 0.2) is 22.4 Å².